The van der Waals surface area contributed by atoms with E-state index >= 15 is 0 Å². The first kappa shape index (κ1) is 77.6. The molecule has 0 aliphatic heterocycles. The molecule has 0 aromatic heterocycles. The minimum atomic E-state index is -0.775. The topological polar surface area (TPSA) is 78.9 Å². The maximum Gasteiger partial charge on any atom is 0.306 e. The molecule has 0 aliphatic rings. The number of unbranched alkanes of at least 4 members (excludes halogenated alkanes) is 50. The highest BCUT2D eigenvalue weighted by Crippen LogP contribution is 2.18. The average Bonchev–Trinajstić information content (AvgIpc) is 3.46. The molecule has 0 saturated heterocycles. The monoisotopic (exact) mass is 1120 g/mol. The smallest absolute Gasteiger partial charge is 0.306 e. The first-order valence-corrected chi connectivity index (χ1v) is 36.0. The Balaban J connectivity index is 4.29. The lowest BCUT2D eigenvalue weighted by Crippen LogP contribution is -2.30. The summed E-state index contributed by atoms with van der Waals surface area (Å²) in [6, 6.07) is 0. The Hall–Kier alpha value is -2.37. The van der Waals surface area contributed by atoms with Crippen LogP contribution in [-0.2, 0) is 28.6 Å². The normalized spacial score (nSPS) is 12.2. The molecular weight excluding hydrogens is 985 g/mol. The molecule has 0 aliphatic carbocycles. The molecule has 1 atom stereocenters. The van der Waals surface area contributed by atoms with Crippen molar-refractivity contribution in [1.29, 1.82) is 0 Å². The molecule has 80 heavy (non-hydrogen) atoms. The van der Waals surface area contributed by atoms with Gasteiger partial charge in [0, 0.05) is 19.3 Å². The molecule has 0 fully saturated rings. The van der Waals surface area contributed by atoms with Gasteiger partial charge in [-0.2, -0.15) is 0 Å². The maximum atomic E-state index is 13.0. The van der Waals surface area contributed by atoms with Crippen LogP contribution in [0.5, 0.6) is 0 Å². The van der Waals surface area contributed by atoms with Crippen LogP contribution in [0.3, 0.4) is 0 Å². The van der Waals surface area contributed by atoms with Gasteiger partial charge < -0.3 is 14.2 Å². The summed E-state index contributed by atoms with van der Waals surface area (Å²) in [4.78, 5) is 38.5. The lowest BCUT2D eigenvalue weighted by atomic mass is 10.0. The fourth-order valence-corrected chi connectivity index (χ4v) is 10.9. The van der Waals surface area contributed by atoms with Gasteiger partial charge in [-0.15, -0.1) is 0 Å². The number of hydrogen-bond donors (Lipinski definition) is 0. The van der Waals surface area contributed by atoms with Crippen molar-refractivity contribution >= 4 is 17.9 Å². The standard InChI is InChI=1S/C74H138O6/c1-4-7-10-13-16-19-22-25-28-31-34-35-36-37-38-39-41-43-46-49-52-55-58-61-64-67-73(76)79-70-71(69-78-72(75)66-63-60-57-54-51-48-45-42-33-30-27-24-21-18-15-12-9-6-3)80-74(77)68-65-62-59-56-53-50-47-44-40-32-29-26-23-20-17-14-11-8-5-2/h26,29-31,33-34,71H,4-25,27-28,32,35-70H2,1-3H3/b29-26-,33-30-,34-31-. The van der Waals surface area contributed by atoms with Gasteiger partial charge in [0.25, 0.3) is 0 Å². The molecule has 0 N–H and O–H groups in total. The number of esters is 3. The minimum absolute atomic E-state index is 0.0703. The van der Waals surface area contributed by atoms with Crippen molar-refractivity contribution in [3.8, 4) is 0 Å². The summed E-state index contributed by atoms with van der Waals surface area (Å²) in [6.07, 6.45) is 86.0. The molecular formula is C74H138O6. The Morgan fingerprint density at radius 3 is 0.625 bits per heavy atom. The van der Waals surface area contributed by atoms with E-state index in [1.165, 1.54) is 302 Å². The largest absolute Gasteiger partial charge is 0.462 e. The van der Waals surface area contributed by atoms with Gasteiger partial charge in [0.1, 0.15) is 13.2 Å². The summed E-state index contributed by atoms with van der Waals surface area (Å²) >= 11 is 0. The Kier molecular flexibility index (Phi) is 67.1. The molecule has 6 nitrogen and oxygen atoms in total. The lowest BCUT2D eigenvalue weighted by Gasteiger charge is -2.18. The Labute approximate surface area is 499 Å². The molecule has 0 radical (unpaired) electrons. The van der Waals surface area contributed by atoms with Gasteiger partial charge in [-0.3, -0.25) is 14.4 Å². The zero-order valence-corrected chi connectivity index (χ0v) is 54.1. The molecule has 0 amide bonds. The molecule has 0 saturated carbocycles. The van der Waals surface area contributed by atoms with Gasteiger partial charge in [0.05, 0.1) is 0 Å². The number of rotatable bonds is 67. The van der Waals surface area contributed by atoms with E-state index in [1.54, 1.807) is 0 Å². The zero-order valence-electron chi connectivity index (χ0n) is 54.1. The van der Waals surface area contributed by atoms with E-state index in [2.05, 4.69) is 57.2 Å². The third-order valence-electron chi connectivity index (χ3n) is 16.3. The predicted molar refractivity (Wildman–Crippen MR) is 349 cm³/mol. The van der Waals surface area contributed by atoms with Crippen LogP contribution >= 0.6 is 0 Å². The van der Waals surface area contributed by atoms with Gasteiger partial charge in [0.15, 0.2) is 6.10 Å². The van der Waals surface area contributed by atoms with Gasteiger partial charge in [-0.1, -0.05) is 320 Å². The Morgan fingerprint density at radius 1 is 0.237 bits per heavy atom. The van der Waals surface area contributed by atoms with Crippen molar-refractivity contribution in [3.63, 3.8) is 0 Å². The van der Waals surface area contributed by atoms with E-state index in [-0.39, 0.29) is 31.1 Å². The summed E-state index contributed by atoms with van der Waals surface area (Å²) in [7, 11) is 0. The van der Waals surface area contributed by atoms with Crippen LogP contribution in [0.4, 0.5) is 0 Å². The Bertz CT molecular complexity index is 1340. The van der Waals surface area contributed by atoms with Gasteiger partial charge in [-0.05, 0) is 96.3 Å². The number of carbonyl (C=O) groups is 3. The lowest BCUT2D eigenvalue weighted by molar-refractivity contribution is -0.167. The molecule has 0 heterocycles. The van der Waals surface area contributed by atoms with Crippen LogP contribution in [0, 0.1) is 0 Å². The first-order valence-electron chi connectivity index (χ1n) is 36.0. The maximum absolute atomic E-state index is 13.0. The predicted octanol–water partition coefficient (Wildman–Crippen LogP) is 24.7. The molecule has 0 bridgehead atoms. The third-order valence-corrected chi connectivity index (χ3v) is 16.3. The summed E-state index contributed by atoms with van der Waals surface area (Å²) in [5, 5.41) is 0. The fraction of sp³-hybridized carbons (Fsp3) is 0.878. The molecule has 0 rings (SSSR count). The van der Waals surface area contributed by atoms with Crippen molar-refractivity contribution in [3.05, 3.63) is 36.5 Å². The van der Waals surface area contributed by atoms with Crippen molar-refractivity contribution in [2.45, 2.75) is 406 Å². The molecule has 470 valence electrons. The molecule has 0 aromatic rings. The van der Waals surface area contributed by atoms with E-state index in [1.807, 2.05) is 0 Å². The van der Waals surface area contributed by atoms with E-state index in [9.17, 15) is 14.4 Å². The third kappa shape index (κ3) is 66.4. The molecule has 1 unspecified atom stereocenters. The summed E-state index contributed by atoms with van der Waals surface area (Å²) in [6.45, 7) is 6.70. The molecule has 0 spiro atoms. The van der Waals surface area contributed by atoms with Crippen LogP contribution in [-0.4, -0.2) is 37.2 Å². The number of ether oxygens (including phenoxy) is 3. The SMILES string of the molecule is CCCCCCCC/C=C\CCCCCCCCCCCC(=O)OC(COC(=O)CCCCCCCCC/C=C\CCCCCCCCC)COC(=O)CCCCCCCCCCCCCCC/C=C\CCCCCCCCCC. The van der Waals surface area contributed by atoms with Gasteiger partial charge in [-0.25, -0.2) is 0 Å². The number of carbonyl (C=O) groups excluding carboxylic acids is 3. The Morgan fingerprint density at radius 2 is 0.412 bits per heavy atom. The van der Waals surface area contributed by atoms with Crippen molar-refractivity contribution < 1.29 is 28.6 Å². The number of allylic oxidation sites excluding steroid dienone is 6. The highest BCUT2D eigenvalue weighted by Gasteiger charge is 2.19. The van der Waals surface area contributed by atoms with E-state index < -0.39 is 6.10 Å². The van der Waals surface area contributed by atoms with Gasteiger partial charge in [0.2, 0.25) is 0 Å². The highest BCUT2D eigenvalue weighted by atomic mass is 16.6. The van der Waals surface area contributed by atoms with E-state index in [4.69, 9.17) is 14.2 Å². The molecule has 0 aromatic carbocycles. The van der Waals surface area contributed by atoms with Crippen LogP contribution in [0.2, 0.25) is 0 Å². The van der Waals surface area contributed by atoms with Crippen molar-refractivity contribution in [1.82, 2.24) is 0 Å². The summed E-state index contributed by atoms with van der Waals surface area (Å²) in [5.74, 6) is -0.848. The summed E-state index contributed by atoms with van der Waals surface area (Å²) in [5.41, 5.74) is 0. The quantitative estimate of drug-likeness (QED) is 0.0261. The highest BCUT2D eigenvalue weighted by molar-refractivity contribution is 5.71. The molecule has 6 heteroatoms. The average molecular weight is 1120 g/mol. The second kappa shape index (κ2) is 69.1. The van der Waals surface area contributed by atoms with Crippen LogP contribution < -0.4 is 0 Å². The van der Waals surface area contributed by atoms with Crippen molar-refractivity contribution in [2.75, 3.05) is 13.2 Å². The van der Waals surface area contributed by atoms with Crippen LogP contribution in [0.15, 0.2) is 36.5 Å². The second-order valence-corrected chi connectivity index (χ2v) is 24.5. The zero-order chi connectivity index (χ0) is 57.8. The summed E-state index contributed by atoms with van der Waals surface area (Å²) < 4.78 is 17.0. The van der Waals surface area contributed by atoms with Crippen LogP contribution in [0.25, 0.3) is 0 Å². The first-order chi connectivity index (χ1) is 39.5. The second-order valence-electron chi connectivity index (χ2n) is 24.5. The fourth-order valence-electron chi connectivity index (χ4n) is 10.9. The number of hydrogen-bond acceptors (Lipinski definition) is 6. The van der Waals surface area contributed by atoms with E-state index in [0.29, 0.717) is 19.3 Å². The van der Waals surface area contributed by atoms with Crippen molar-refractivity contribution in [2.24, 2.45) is 0 Å². The van der Waals surface area contributed by atoms with E-state index in [0.717, 1.165) is 57.8 Å². The van der Waals surface area contributed by atoms with Gasteiger partial charge >= 0.3 is 17.9 Å². The minimum Gasteiger partial charge on any atom is -0.462 e. The van der Waals surface area contributed by atoms with Crippen LogP contribution in [0.1, 0.15) is 400 Å².